The van der Waals surface area contributed by atoms with Gasteiger partial charge in [0.2, 0.25) is 0 Å². The molecule has 1 aliphatic rings. The highest BCUT2D eigenvalue weighted by atomic mass is 16.8. The molecule has 7 nitrogen and oxygen atoms in total. The number of nitrogens with zero attached hydrogens (tertiary/aromatic N) is 1. The monoisotopic (exact) mass is 453 g/mol. The fourth-order valence-corrected chi connectivity index (χ4v) is 4.26. The van der Waals surface area contributed by atoms with Gasteiger partial charge in [0.25, 0.3) is 5.91 Å². The number of methoxy groups -OCH3 is 2. The summed E-state index contributed by atoms with van der Waals surface area (Å²) in [5.74, 6) is -0.396. The van der Waals surface area contributed by atoms with E-state index >= 15 is 0 Å². The maximum atomic E-state index is 13.6. The Balaban J connectivity index is 2.18. The third-order valence-corrected chi connectivity index (χ3v) is 5.69. The van der Waals surface area contributed by atoms with E-state index < -0.39 is 17.4 Å². The lowest BCUT2D eigenvalue weighted by Crippen LogP contribution is -2.44. The van der Waals surface area contributed by atoms with E-state index in [1.54, 1.807) is 26.0 Å². The molecular formula is C26H31NO6. The second kappa shape index (κ2) is 9.37. The summed E-state index contributed by atoms with van der Waals surface area (Å²) in [6.07, 6.45) is 0. The van der Waals surface area contributed by atoms with Crippen LogP contribution in [-0.4, -0.2) is 43.5 Å². The smallest absolute Gasteiger partial charge is 0.347 e. The summed E-state index contributed by atoms with van der Waals surface area (Å²) in [5, 5.41) is 1.21. The van der Waals surface area contributed by atoms with Crippen molar-refractivity contribution < 1.29 is 28.6 Å². The number of hydroxylamine groups is 2. The van der Waals surface area contributed by atoms with Crippen LogP contribution in [0.15, 0.2) is 36.1 Å². The van der Waals surface area contributed by atoms with Crippen LogP contribution >= 0.6 is 0 Å². The summed E-state index contributed by atoms with van der Waals surface area (Å²) in [4.78, 5) is 32.5. The molecule has 0 aliphatic carbocycles. The van der Waals surface area contributed by atoms with Crippen LogP contribution < -0.4 is 4.74 Å². The Hall–Kier alpha value is -3.16. The van der Waals surface area contributed by atoms with E-state index in [1.807, 2.05) is 45.9 Å². The molecule has 0 saturated heterocycles. The maximum absolute atomic E-state index is 13.6. The number of aryl methyl sites for hydroxylation is 4. The third-order valence-electron chi connectivity index (χ3n) is 5.69. The molecule has 0 spiro atoms. The van der Waals surface area contributed by atoms with Crippen molar-refractivity contribution in [1.29, 1.82) is 0 Å². The Kier molecular flexibility index (Phi) is 6.95. The van der Waals surface area contributed by atoms with Gasteiger partial charge in [-0.2, -0.15) is 0 Å². The highest BCUT2D eigenvalue weighted by Gasteiger charge is 2.50. The normalized spacial score (nSPS) is 15.3. The zero-order valence-corrected chi connectivity index (χ0v) is 20.5. The topological polar surface area (TPSA) is 74.3 Å². The molecule has 33 heavy (non-hydrogen) atoms. The number of carbonyl (C=O) groups is 2. The number of hydrogen-bond donors (Lipinski definition) is 0. The molecule has 2 aromatic carbocycles. The van der Waals surface area contributed by atoms with Crippen molar-refractivity contribution in [3.63, 3.8) is 0 Å². The summed E-state index contributed by atoms with van der Waals surface area (Å²) in [6.45, 7) is 11.2. The first-order valence-electron chi connectivity index (χ1n) is 10.7. The summed E-state index contributed by atoms with van der Waals surface area (Å²) in [7, 11) is 2.97. The Morgan fingerprint density at radius 1 is 0.970 bits per heavy atom. The zero-order chi connectivity index (χ0) is 24.5. The molecule has 0 radical (unpaired) electrons. The van der Waals surface area contributed by atoms with Gasteiger partial charge >= 0.3 is 5.97 Å². The fraction of sp³-hybridized carbons (Fsp3) is 0.385. The lowest BCUT2D eigenvalue weighted by Gasteiger charge is -2.31. The van der Waals surface area contributed by atoms with Gasteiger partial charge in [0.1, 0.15) is 22.6 Å². The fourth-order valence-electron chi connectivity index (χ4n) is 4.26. The number of ether oxygens (including phenoxy) is 3. The minimum absolute atomic E-state index is 0.124. The van der Waals surface area contributed by atoms with Crippen molar-refractivity contribution in [2.24, 2.45) is 0 Å². The van der Waals surface area contributed by atoms with Gasteiger partial charge in [-0.1, -0.05) is 23.8 Å². The number of amides is 1. The Morgan fingerprint density at radius 3 is 2.18 bits per heavy atom. The lowest BCUT2D eigenvalue weighted by atomic mass is 9.91. The second-order valence-corrected chi connectivity index (χ2v) is 8.77. The van der Waals surface area contributed by atoms with Crippen LogP contribution in [0, 0.1) is 27.7 Å². The van der Waals surface area contributed by atoms with Crippen molar-refractivity contribution in [3.8, 4) is 5.75 Å². The highest BCUT2D eigenvalue weighted by molar-refractivity contribution is 6.23. The first kappa shape index (κ1) is 24.5. The van der Waals surface area contributed by atoms with Crippen LogP contribution in [-0.2, 0) is 19.1 Å². The number of esters is 1. The van der Waals surface area contributed by atoms with E-state index in [-0.39, 0.29) is 18.1 Å². The lowest BCUT2D eigenvalue weighted by molar-refractivity contribution is -0.238. The molecule has 1 aliphatic heterocycles. The van der Waals surface area contributed by atoms with E-state index in [0.717, 1.165) is 27.8 Å². The molecule has 0 fully saturated rings. The standard InChI is InChI=1S/C26H31NO6/c1-15-9-10-19(20(13-15)31-8)25(29)33-23-22(21-17(3)11-16(2)12-18(21)4)24(28)27(26(23,5)6)32-14-30-7/h9-13H,14H2,1-8H3. The summed E-state index contributed by atoms with van der Waals surface area (Å²) in [6, 6.07) is 9.22. The highest BCUT2D eigenvalue weighted by Crippen LogP contribution is 2.43. The minimum atomic E-state index is -1.07. The first-order chi connectivity index (χ1) is 15.5. The Labute approximate surface area is 194 Å². The second-order valence-electron chi connectivity index (χ2n) is 8.77. The quantitative estimate of drug-likeness (QED) is 0.449. The predicted octanol–water partition coefficient (Wildman–Crippen LogP) is 4.65. The van der Waals surface area contributed by atoms with Gasteiger partial charge in [0, 0.05) is 7.11 Å². The van der Waals surface area contributed by atoms with Gasteiger partial charge in [0.15, 0.2) is 6.79 Å². The molecule has 0 unspecified atom stereocenters. The van der Waals surface area contributed by atoms with Crippen molar-refractivity contribution in [2.75, 3.05) is 21.0 Å². The molecule has 0 saturated carbocycles. The van der Waals surface area contributed by atoms with Crippen LogP contribution in [0.4, 0.5) is 0 Å². The number of carbonyl (C=O) groups excluding carboxylic acids is 2. The summed E-state index contributed by atoms with van der Waals surface area (Å²) < 4.78 is 16.4. The average Bonchev–Trinajstić information content (AvgIpc) is 2.91. The van der Waals surface area contributed by atoms with Gasteiger partial charge in [-0.15, -0.1) is 0 Å². The van der Waals surface area contributed by atoms with Crippen LogP contribution in [0.3, 0.4) is 0 Å². The largest absolute Gasteiger partial charge is 0.496 e. The van der Waals surface area contributed by atoms with Crippen molar-refractivity contribution in [3.05, 3.63) is 69.5 Å². The van der Waals surface area contributed by atoms with Crippen molar-refractivity contribution in [2.45, 2.75) is 47.1 Å². The predicted molar refractivity (Wildman–Crippen MR) is 125 cm³/mol. The molecule has 0 N–H and O–H groups in total. The number of rotatable bonds is 7. The van der Waals surface area contributed by atoms with E-state index in [4.69, 9.17) is 19.0 Å². The molecule has 3 rings (SSSR count). The summed E-state index contributed by atoms with van der Waals surface area (Å²) >= 11 is 0. The maximum Gasteiger partial charge on any atom is 0.347 e. The van der Waals surface area contributed by atoms with E-state index in [1.165, 1.54) is 19.3 Å². The minimum Gasteiger partial charge on any atom is -0.496 e. The summed E-state index contributed by atoms with van der Waals surface area (Å²) in [5.41, 5.74) is 4.06. The Morgan fingerprint density at radius 2 is 1.61 bits per heavy atom. The molecule has 1 heterocycles. The van der Waals surface area contributed by atoms with Gasteiger partial charge < -0.3 is 14.2 Å². The molecular weight excluding hydrogens is 422 g/mol. The Bertz CT molecular complexity index is 1110. The molecule has 2 aromatic rings. The van der Waals surface area contributed by atoms with Gasteiger partial charge in [-0.3, -0.25) is 4.79 Å². The zero-order valence-electron chi connectivity index (χ0n) is 20.5. The van der Waals surface area contributed by atoms with Crippen LogP contribution in [0.2, 0.25) is 0 Å². The number of benzene rings is 2. The van der Waals surface area contributed by atoms with E-state index in [9.17, 15) is 9.59 Å². The molecule has 0 bridgehead atoms. The molecule has 0 atom stereocenters. The van der Waals surface area contributed by atoms with Crippen LogP contribution in [0.25, 0.3) is 5.57 Å². The average molecular weight is 454 g/mol. The van der Waals surface area contributed by atoms with E-state index in [0.29, 0.717) is 11.3 Å². The van der Waals surface area contributed by atoms with Crippen LogP contribution in [0.5, 0.6) is 5.75 Å². The van der Waals surface area contributed by atoms with Gasteiger partial charge in [-0.25, -0.2) is 14.7 Å². The van der Waals surface area contributed by atoms with Crippen LogP contribution in [0.1, 0.15) is 52.0 Å². The first-order valence-corrected chi connectivity index (χ1v) is 10.7. The molecule has 7 heteroatoms. The van der Waals surface area contributed by atoms with Crippen molar-refractivity contribution >= 4 is 17.4 Å². The van der Waals surface area contributed by atoms with Crippen molar-refractivity contribution in [1.82, 2.24) is 5.06 Å². The number of hydrogen-bond acceptors (Lipinski definition) is 6. The SMILES string of the molecule is COCON1C(=O)C(c2c(C)cc(C)cc2C)=C(OC(=O)c2ccc(C)cc2OC)C1(C)C. The van der Waals surface area contributed by atoms with Gasteiger partial charge in [-0.05, 0) is 75.9 Å². The molecule has 176 valence electrons. The third kappa shape index (κ3) is 4.51. The van der Waals surface area contributed by atoms with Gasteiger partial charge in [0.05, 0.1) is 12.7 Å². The van der Waals surface area contributed by atoms with E-state index in [2.05, 4.69) is 0 Å². The molecule has 1 amide bonds. The molecule has 0 aromatic heterocycles.